The van der Waals surface area contributed by atoms with Gasteiger partial charge in [0.2, 0.25) is 0 Å². The predicted octanol–water partition coefficient (Wildman–Crippen LogP) is 2.30. The van der Waals surface area contributed by atoms with Gasteiger partial charge in [0, 0.05) is 13.6 Å². The highest BCUT2D eigenvalue weighted by Gasteiger charge is 2.32. The topological polar surface area (TPSA) is 47.3 Å². The largest absolute Gasteiger partial charge is 0.388 e. The fourth-order valence-electron chi connectivity index (χ4n) is 2.62. The standard InChI is InChI=1S/C14H18N2O/c1-16(11-14(17)8-4-5-9-14)13-7-3-2-6-12(13)10-15/h2-3,6-7,17H,4-5,8-9,11H2,1H3. The monoisotopic (exact) mass is 230 g/mol. The lowest BCUT2D eigenvalue weighted by atomic mass is 10.0. The van der Waals surface area contributed by atoms with Crippen LogP contribution < -0.4 is 4.90 Å². The van der Waals surface area contributed by atoms with Gasteiger partial charge in [-0.1, -0.05) is 25.0 Å². The van der Waals surface area contributed by atoms with Crippen molar-refractivity contribution in [3.8, 4) is 6.07 Å². The van der Waals surface area contributed by atoms with Crippen LogP contribution in [0.25, 0.3) is 0 Å². The molecule has 0 radical (unpaired) electrons. The molecule has 0 spiro atoms. The molecular formula is C14H18N2O. The van der Waals surface area contributed by atoms with E-state index in [1.165, 1.54) is 0 Å². The maximum atomic E-state index is 10.4. The van der Waals surface area contributed by atoms with Crippen molar-refractivity contribution < 1.29 is 5.11 Å². The van der Waals surface area contributed by atoms with Gasteiger partial charge in [0.05, 0.1) is 16.9 Å². The molecule has 0 saturated heterocycles. The molecule has 1 aliphatic rings. The van der Waals surface area contributed by atoms with E-state index in [0.29, 0.717) is 12.1 Å². The lowest BCUT2D eigenvalue weighted by Crippen LogP contribution is -2.39. The fourth-order valence-corrected chi connectivity index (χ4v) is 2.62. The third-order valence-corrected chi connectivity index (χ3v) is 3.50. The van der Waals surface area contributed by atoms with Crippen LogP contribution in [-0.4, -0.2) is 24.3 Å². The lowest BCUT2D eigenvalue weighted by Gasteiger charge is -2.30. The Bertz CT molecular complexity index is 430. The molecule has 90 valence electrons. The Labute approximate surface area is 102 Å². The summed E-state index contributed by atoms with van der Waals surface area (Å²) in [7, 11) is 1.94. The Balaban J connectivity index is 2.14. The van der Waals surface area contributed by atoms with E-state index in [-0.39, 0.29) is 0 Å². The highest BCUT2D eigenvalue weighted by molar-refractivity contribution is 5.58. The van der Waals surface area contributed by atoms with Crippen LogP contribution in [0.5, 0.6) is 0 Å². The second kappa shape index (κ2) is 4.77. The number of nitrogens with zero attached hydrogens (tertiary/aromatic N) is 2. The average molecular weight is 230 g/mol. The van der Waals surface area contributed by atoms with Gasteiger partial charge in [-0.25, -0.2) is 0 Å². The maximum absolute atomic E-state index is 10.4. The van der Waals surface area contributed by atoms with Crippen molar-refractivity contribution in [3.05, 3.63) is 29.8 Å². The Kier molecular flexibility index (Phi) is 3.35. The summed E-state index contributed by atoms with van der Waals surface area (Å²) in [5.41, 5.74) is 0.990. The summed E-state index contributed by atoms with van der Waals surface area (Å²) in [6.07, 6.45) is 3.94. The van der Waals surface area contributed by atoms with Gasteiger partial charge in [-0.2, -0.15) is 5.26 Å². The second-order valence-electron chi connectivity index (χ2n) is 4.92. The number of anilines is 1. The zero-order valence-corrected chi connectivity index (χ0v) is 10.2. The molecule has 17 heavy (non-hydrogen) atoms. The number of hydrogen-bond donors (Lipinski definition) is 1. The molecule has 3 heteroatoms. The smallest absolute Gasteiger partial charge is 0.101 e. The zero-order chi connectivity index (χ0) is 12.3. The number of rotatable bonds is 3. The van der Waals surface area contributed by atoms with Gasteiger partial charge in [0.25, 0.3) is 0 Å². The molecule has 0 atom stereocenters. The fraction of sp³-hybridized carbons (Fsp3) is 0.500. The SMILES string of the molecule is CN(CC1(O)CCCC1)c1ccccc1C#N. The van der Waals surface area contributed by atoms with E-state index >= 15 is 0 Å². The van der Waals surface area contributed by atoms with E-state index in [0.717, 1.165) is 31.4 Å². The van der Waals surface area contributed by atoms with Gasteiger partial charge >= 0.3 is 0 Å². The molecule has 0 aromatic heterocycles. The van der Waals surface area contributed by atoms with Crippen LogP contribution in [0.15, 0.2) is 24.3 Å². The van der Waals surface area contributed by atoms with E-state index in [4.69, 9.17) is 5.26 Å². The Morgan fingerprint density at radius 2 is 2.00 bits per heavy atom. The molecule has 1 aromatic carbocycles. The van der Waals surface area contributed by atoms with Crippen molar-refractivity contribution in [1.29, 1.82) is 5.26 Å². The third-order valence-electron chi connectivity index (χ3n) is 3.50. The predicted molar refractivity (Wildman–Crippen MR) is 67.8 cm³/mol. The van der Waals surface area contributed by atoms with Crippen LogP contribution in [0, 0.1) is 11.3 Å². The van der Waals surface area contributed by atoms with Gasteiger partial charge < -0.3 is 10.0 Å². The summed E-state index contributed by atoms with van der Waals surface area (Å²) in [5.74, 6) is 0. The molecule has 1 N–H and O–H groups in total. The molecule has 1 fully saturated rings. The number of hydrogen-bond acceptors (Lipinski definition) is 3. The van der Waals surface area contributed by atoms with E-state index in [1.807, 2.05) is 36.2 Å². The number of para-hydroxylation sites is 1. The van der Waals surface area contributed by atoms with Crippen molar-refractivity contribution in [3.63, 3.8) is 0 Å². The number of nitriles is 1. The van der Waals surface area contributed by atoms with E-state index < -0.39 is 5.60 Å². The van der Waals surface area contributed by atoms with Crippen molar-refractivity contribution in [2.75, 3.05) is 18.5 Å². The minimum absolute atomic E-state index is 0.572. The molecule has 0 heterocycles. The van der Waals surface area contributed by atoms with E-state index in [2.05, 4.69) is 6.07 Å². The quantitative estimate of drug-likeness (QED) is 0.866. The molecule has 0 bridgehead atoms. The second-order valence-corrected chi connectivity index (χ2v) is 4.92. The third kappa shape index (κ3) is 2.59. The summed E-state index contributed by atoms with van der Waals surface area (Å²) >= 11 is 0. The van der Waals surface area contributed by atoms with Crippen LogP contribution in [0.3, 0.4) is 0 Å². The first kappa shape index (κ1) is 11.9. The first-order chi connectivity index (χ1) is 8.14. The minimum atomic E-state index is -0.572. The maximum Gasteiger partial charge on any atom is 0.101 e. The van der Waals surface area contributed by atoms with Crippen LogP contribution in [0.2, 0.25) is 0 Å². The van der Waals surface area contributed by atoms with Gasteiger partial charge in [-0.05, 0) is 25.0 Å². The normalized spacial score (nSPS) is 17.7. The van der Waals surface area contributed by atoms with Gasteiger partial charge in [-0.3, -0.25) is 0 Å². The van der Waals surface area contributed by atoms with Gasteiger partial charge in [-0.15, -0.1) is 0 Å². The number of likely N-dealkylation sites (N-methyl/N-ethyl adjacent to an activating group) is 1. The summed E-state index contributed by atoms with van der Waals surface area (Å²) in [6, 6.07) is 9.71. The number of aliphatic hydroxyl groups is 1. The summed E-state index contributed by atoms with van der Waals surface area (Å²) in [5, 5.41) is 19.4. The Morgan fingerprint density at radius 3 is 2.65 bits per heavy atom. The summed E-state index contributed by atoms with van der Waals surface area (Å²) in [6.45, 7) is 0.603. The molecular weight excluding hydrogens is 212 g/mol. The van der Waals surface area contributed by atoms with E-state index in [1.54, 1.807) is 0 Å². The van der Waals surface area contributed by atoms with Gasteiger partial charge in [0.15, 0.2) is 0 Å². The first-order valence-corrected chi connectivity index (χ1v) is 6.07. The van der Waals surface area contributed by atoms with Crippen molar-refractivity contribution in [2.45, 2.75) is 31.3 Å². The van der Waals surface area contributed by atoms with Crippen LogP contribution in [0.1, 0.15) is 31.2 Å². The molecule has 1 aliphatic carbocycles. The van der Waals surface area contributed by atoms with E-state index in [9.17, 15) is 5.11 Å². The molecule has 3 nitrogen and oxygen atoms in total. The minimum Gasteiger partial charge on any atom is -0.388 e. The highest BCUT2D eigenvalue weighted by atomic mass is 16.3. The van der Waals surface area contributed by atoms with Crippen molar-refractivity contribution >= 4 is 5.69 Å². The molecule has 1 saturated carbocycles. The first-order valence-electron chi connectivity index (χ1n) is 6.07. The summed E-state index contributed by atoms with van der Waals surface area (Å²) in [4.78, 5) is 1.99. The zero-order valence-electron chi connectivity index (χ0n) is 10.2. The van der Waals surface area contributed by atoms with Crippen molar-refractivity contribution in [1.82, 2.24) is 0 Å². The molecule has 0 unspecified atom stereocenters. The Hall–Kier alpha value is -1.53. The average Bonchev–Trinajstić information content (AvgIpc) is 2.75. The molecule has 0 aliphatic heterocycles. The van der Waals surface area contributed by atoms with Crippen LogP contribution >= 0.6 is 0 Å². The highest BCUT2D eigenvalue weighted by Crippen LogP contribution is 2.31. The van der Waals surface area contributed by atoms with Crippen LogP contribution in [-0.2, 0) is 0 Å². The lowest BCUT2D eigenvalue weighted by molar-refractivity contribution is 0.0559. The van der Waals surface area contributed by atoms with Crippen molar-refractivity contribution in [2.24, 2.45) is 0 Å². The molecule has 2 rings (SSSR count). The van der Waals surface area contributed by atoms with Crippen LogP contribution in [0.4, 0.5) is 5.69 Å². The Morgan fingerprint density at radius 1 is 1.35 bits per heavy atom. The number of benzene rings is 1. The molecule has 0 amide bonds. The summed E-state index contributed by atoms with van der Waals surface area (Å²) < 4.78 is 0. The molecule has 1 aromatic rings. The van der Waals surface area contributed by atoms with Gasteiger partial charge in [0.1, 0.15) is 6.07 Å².